The molecule has 154 valence electrons. The first-order valence-corrected chi connectivity index (χ1v) is 12.2. The Hall–Kier alpha value is 1.20. The fraction of sp³-hybridized carbons (Fsp3) is 0.857. The van der Waals surface area contributed by atoms with Crippen LogP contribution in [0.2, 0.25) is 0 Å². The Balaban J connectivity index is -0.00000182. The molecule has 2 saturated heterocycles. The molecule has 0 radical (unpaired) electrons. The summed E-state index contributed by atoms with van der Waals surface area (Å²) in [5.74, 6) is -2.12. The smallest absolute Gasteiger partial charge is 1.00 e. The van der Waals surface area contributed by atoms with Gasteiger partial charge in [0.1, 0.15) is 0 Å². The fourth-order valence-corrected chi connectivity index (χ4v) is 5.18. The van der Waals surface area contributed by atoms with Crippen LogP contribution in [0.3, 0.4) is 0 Å². The summed E-state index contributed by atoms with van der Waals surface area (Å²) < 4.78 is 54.0. The van der Waals surface area contributed by atoms with Gasteiger partial charge in [-0.05, 0) is 25.7 Å². The van der Waals surface area contributed by atoms with Gasteiger partial charge in [0.25, 0.3) is 10.1 Å². The average Bonchev–Trinajstić information content (AvgIpc) is 2.52. The first-order chi connectivity index (χ1) is 12.0. The van der Waals surface area contributed by atoms with E-state index in [1.54, 1.807) is 0 Å². The van der Waals surface area contributed by atoms with Gasteiger partial charge in [-0.25, -0.2) is 0 Å². The largest absolute Gasteiger partial charge is 1.00 e. The summed E-state index contributed by atoms with van der Waals surface area (Å²) in [6.45, 7) is 0.872. The Morgan fingerprint density at radius 3 is 1.86 bits per heavy atom. The van der Waals surface area contributed by atoms with Crippen molar-refractivity contribution in [3.05, 3.63) is 0 Å². The summed E-state index contributed by atoms with van der Waals surface area (Å²) in [6.07, 6.45) is 3.48. The van der Waals surface area contributed by atoms with E-state index in [0.29, 0.717) is 46.5 Å². The van der Waals surface area contributed by atoms with E-state index in [1.807, 2.05) is 0 Å². The van der Waals surface area contributed by atoms with Crippen LogP contribution in [-0.2, 0) is 38.7 Å². The van der Waals surface area contributed by atoms with E-state index in [4.69, 9.17) is 18.9 Å². The fourth-order valence-electron chi connectivity index (χ4n) is 3.00. The molecule has 0 aromatic heterocycles. The number of ether oxygens (including phenoxy) is 4. The molecule has 1 N–H and O–H groups in total. The summed E-state index contributed by atoms with van der Waals surface area (Å²) in [4.78, 5) is 24.5. The third-order valence-corrected chi connectivity index (χ3v) is 7.55. The van der Waals surface area contributed by atoms with Crippen molar-refractivity contribution in [2.24, 2.45) is 0 Å². The molecule has 28 heavy (non-hydrogen) atoms. The second-order valence-electron chi connectivity index (χ2n) is 6.98. The number of carbonyl (C=O) groups is 2. The van der Waals surface area contributed by atoms with Crippen LogP contribution >= 0.6 is 0 Å². The number of hydrogen-bond donors (Lipinski definition) is 1. The van der Waals surface area contributed by atoms with Crippen LogP contribution in [-0.4, -0.2) is 74.7 Å². The van der Waals surface area contributed by atoms with Crippen molar-refractivity contribution in [1.29, 1.82) is 0 Å². The van der Waals surface area contributed by atoms with E-state index in [0.717, 1.165) is 25.7 Å². The molecular weight excluding hydrogens is 446 g/mol. The van der Waals surface area contributed by atoms with Crippen molar-refractivity contribution in [1.82, 2.24) is 0 Å². The Morgan fingerprint density at radius 2 is 1.46 bits per heavy atom. The Labute approximate surface area is 218 Å². The normalized spacial score (nSPS) is 29.0. The van der Waals surface area contributed by atoms with Crippen molar-refractivity contribution in [3.63, 3.8) is 0 Å². The molecule has 2 aliphatic heterocycles. The number of carbonyl (C=O) groups excluding carboxylic acids is 2. The van der Waals surface area contributed by atoms with Gasteiger partial charge in [-0.3, -0.25) is 14.1 Å². The molecule has 0 bridgehead atoms. The molecule has 0 aromatic carbocycles. The maximum Gasteiger partial charge on any atom is 1.00 e. The van der Waals surface area contributed by atoms with Gasteiger partial charge in [0, 0.05) is 12.8 Å². The van der Waals surface area contributed by atoms with E-state index >= 15 is 0 Å². The van der Waals surface area contributed by atoms with Gasteiger partial charge in [-0.2, -0.15) is 8.42 Å². The van der Waals surface area contributed by atoms with Crippen LogP contribution in [0.1, 0.15) is 47.8 Å². The molecule has 2 heterocycles. The van der Waals surface area contributed by atoms with Crippen molar-refractivity contribution in [2.75, 3.05) is 13.2 Å². The molecule has 0 aliphatic carbocycles. The van der Waals surface area contributed by atoms with E-state index in [1.165, 1.54) is 0 Å². The van der Waals surface area contributed by atoms with Crippen molar-refractivity contribution in [2.45, 2.75) is 61.0 Å². The number of hydrogen-bond acceptors (Lipinski definition) is 8. The maximum absolute atomic E-state index is 12.3. The zero-order valence-electron chi connectivity index (χ0n) is 19.1. The number of esters is 2. The van der Waals surface area contributed by atoms with Crippen molar-refractivity contribution < 1.29 is 103 Å². The van der Waals surface area contributed by atoms with Crippen molar-refractivity contribution >= 4 is 42.5 Å². The van der Waals surface area contributed by atoms with Crippen LogP contribution in [0.4, 0.5) is 0 Å². The van der Waals surface area contributed by atoms with Gasteiger partial charge in [-0.15, -0.1) is 0 Å². The SMILES string of the molecule is O=C(CC(C(=O)OC1([SiH3])CCCCO1)S(=O)(=O)O)OC1([SiH3])CCCCO1.[H-].[H-].[Na+].[Na+]. The molecule has 0 saturated carbocycles. The Bertz CT molecular complexity index is 645. The van der Waals surface area contributed by atoms with Crippen LogP contribution in [0.5, 0.6) is 0 Å². The second kappa shape index (κ2) is 12.3. The maximum atomic E-state index is 12.3. The zero-order valence-corrected chi connectivity index (χ0v) is 25.9. The third-order valence-electron chi connectivity index (χ3n) is 4.49. The monoisotopic (exact) mass is 474 g/mol. The quantitative estimate of drug-likeness (QED) is 0.227. The Morgan fingerprint density at radius 1 is 1.00 bits per heavy atom. The molecule has 0 aromatic rings. The van der Waals surface area contributed by atoms with E-state index < -0.39 is 44.5 Å². The first-order valence-electron chi connectivity index (χ1n) is 8.72. The van der Waals surface area contributed by atoms with Crippen LogP contribution in [0, 0.1) is 0 Å². The van der Waals surface area contributed by atoms with Gasteiger partial charge in [0.05, 0.1) is 40.1 Å². The molecule has 0 amide bonds. The standard InChI is InChI=1S/C14H26O9SSi2.2Na.2H/c15-11(22-13(25)5-1-3-7-20-13)9-10(24(17,18)19)12(16)23-14(26)6-2-4-8-21-14;;;;/h10H,1-9H2,25-26H3,(H,17,18,19);;;;/q;2*+1;2*-1. The van der Waals surface area contributed by atoms with Gasteiger partial charge >= 0.3 is 71.1 Å². The second-order valence-corrected chi connectivity index (χ2v) is 11.6. The molecule has 14 heteroatoms. The van der Waals surface area contributed by atoms with Gasteiger partial charge in [0.2, 0.25) is 0 Å². The van der Waals surface area contributed by atoms with Crippen molar-refractivity contribution in [3.8, 4) is 0 Å². The van der Waals surface area contributed by atoms with Gasteiger partial charge in [0.15, 0.2) is 16.1 Å². The molecular formula is C14H28Na2O9SSi2. The minimum Gasteiger partial charge on any atom is -1.00 e. The minimum atomic E-state index is -4.84. The molecule has 3 unspecified atom stereocenters. The first kappa shape index (κ1) is 29.2. The molecule has 2 fully saturated rings. The van der Waals surface area contributed by atoms with Crippen LogP contribution < -0.4 is 59.1 Å². The zero-order chi connectivity index (χ0) is 19.4. The summed E-state index contributed by atoms with van der Waals surface area (Å²) in [6, 6.07) is 0. The predicted octanol–water partition coefficient (Wildman–Crippen LogP) is -7.61. The average molecular weight is 475 g/mol. The van der Waals surface area contributed by atoms with E-state index in [2.05, 4.69) is 0 Å². The Kier molecular flexibility index (Phi) is 12.8. The van der Waals surface area contributed by atoms with E-state index in [-0.39, 0.29) is 62.0 Å². The summed E-state index contributed by atoms with van der Waals surface area (Å²) in [5.41, 5.74) is -2.15. The summed E-state index contributed by atoms with van der Waals surface area (Å²) in [5, 5.41) is -2.04. The van der Waals surface area contributed by atoms with Crippen LogP contribution in [0.25, 0.3) is 0 Å². The van der Waals surface area contributed by atoms with E-state index in [9.17, 15) is 22.6 Å². The third kappa shape index (κ3) is 9.14. The number of rotatable bonds is 6. The topological polar surface area (TPSA) is 125 Å². The summed E-state index contributed by atoms with van der Waals surface area (Å²) in [7, 11) is -4.09. The molecule has 9 nitrogen and oxygen atoms in total. The van der Waals surface area contributed by atoms with Crippen LogP contribution in [0.15, 0.2) is 0 Å². The molecule has 2 rings (SSSR count). The van der Waals surface area contributed by atoms with Gasteiger partial charge in [-0.1, -0.05) is 0 Å². The minimum absolute atomic E-state index is 0. The predicted molar refractivity (Wildman–Crippen MR) is 99.3 cm³/mol. The molecule has 3 atom stereocenters. The summed E-state index contributed by atoms with van der Waals surface area (Å²) >= 11 is 0. The molecule has 0 spiro atoms. The molecule has 2 aliphatic rings. The van der Waals surface area contributed by atoms with Gasteiger partial charge < -0.3 is 21.8 Å².